The van der Waals surface area contributed by atoms with Crippen molar-refractivity contribution in [2.24, 2.45) is 0 Å². The Morgan fingerprint density at radius 1 is 1.40 bits per heavy atom. The van der Waals surface area contributed by atoms with Gasteiger partial charge in [-0.1, -0.05) is 0 Å². The second-order valence-corrected chi connectivity index (χ2v) is 7.24. The van der Waals surface area contributed by atoms with Gasteiger partial charge in [0.2, 0.25) is 0 Å². The zero-order valence-corrected chi connectivity index (χ0v) is 14.0. The second-order valence-electron chi connectivity index (χ2n) is 6.24. The lowest BCUT2D eigenvalue weighted by Crippen LogP contribution is -2.50. The number of piperidine rings is 1. The van der Waals surface area contributed by atoms with E-state index in [4.69, 9.17) is 14.5 Å². The molecule has 4 N–H and O–H groups in total. The average molecular weight is 380 g/mol. The van der Waals surface area contributed by atoms with Gasteiger partial charge in [-0.25, -0.2) is 10.3 Å². The first-order valence-electron chi connectivity index (χ1n) is 7.85. The van der Waals surface area contributed by atoms with Crippen molar-refractivity contribution < 1.29 is 36.8 Å². The highest BCUT2D eigenvalue weighted by Gasteiger charge is 2.49. The Labute approximate surface area is 143 Å². The van der Waals surface area contributed by atoms with Crippen LogP contribution in [0.3, 0.4) is 0 Å². The highest BCUT2D eigenvalue weighted by Crippen LogP contribution is 2.30. The molecule has 3 aliphatic rings. The molecule has 142 valence electrons. The molecule has 3 aliphatic heterocycles. The van der Waals surface area contributed by atoms with Crippen molar-refractivity contribution in [1.29, 1.82) is 0 Å². The van der Waals surface area contributed by atoms with E-state index in [1.165, 1.54) is 4.90 Å². The van der Waals surface area contributed by atoms with Crippen LogP contribution < -0.4 is 10.8 Å². The molecule has 0 aromatic heterocycles. The summed E-state index contributed by atoms with van der Waals surface area (Å²) in [6.07, 6.45) is 0.903. The summed E-state index contributed by atoms with van der Waals surface area (Å²) >= 11 is 0. The van der Waals surface area contributed by atoms with E-state index in [0.717, 1.165) is 0 Å². The van der Waals surface area contributed by atoms with Gasteiger partial charge in [-0.05, 0) is 19.3 Å². The topological polar surface area (TPSA) is 158 Å². The lowest BCUT2D eigenvalue weighted by Gasteiger charge is -2.29. The van der Waals surface area contributed by atoms with Crippen LogP contribution in [0, 0.1) is 0 Å². The van der Waals surface area contributed by atoms with Crippen LogP contribution in [-0.2, 0) is 24.3 Å². The van der Waals surface area contributed by atoms with Gasteiger partial charge in [0, 0.05) is 19.1 Å². The Hall–Kier alpha value is -1.51. The van der Waals surface area contributed by atoms with Crippen molar-refractivity contribution in [3.63, 3.8) is 0 Å². The van der Waals surface area contributed by atoms with Crippen LogP contribution in [0.5, 0.6) is 0 Å². The number of aliphatic hydroxyl groups is 1. The van der Waals surface area contributed by atoms with Gasteiger partial charge in [0.25, 0.3) is 5.91 Å². The fourth-order valence-corrected chi connectivity index (χ4v) is 3.71. The van der Waals surface area contributed by atoms with E-state index in [1.54, 1.807) is 0 Å². The fourth-order valence-electron chi connectivity index (χ4n) is 3.32. The van der Waals surface area contributed by atoms with Gasteiger partial charge in [-0.3, -0.25) is 14.2 Å². The third-order valence-electron chi connectivity index (χ3n) is 4.53. The minimum Gasteiger partial charge on any atom is -0.395 e. The summed E-state index contributed by atoms with van der Waals surface area (Å²) in [6, 6.07) is -2.25. The molecule has 13 heteroatoms. The zero-order chi connectivity index (χ0) is 18.2. The molecule has 4 atom stereocenters. The van der Waals surface area contributed by atoms with Crippen molar-refractivity contribution in [1.82, 2.24) is 20.8 Å². The van der Waals surface area contributed by atoms with Gasteiger partial charge in [0.15, 0.2) is 0 Å². The number of aliphatic hydroxyl groups excluding tert-OH is 1. The minimum atomic E-state index is -4.82. The number of nitrogens with one attached hydrogen (secondary N) is 2. The maximum atomic E-state index is 12.3. The molecule has 0 aromatic carbocycles. The second kappa shape index (κ2) is 7.01. The molecule has 0 aromatic rings. The number of amides is 3. The summed E-state index contributed by atoms with van der Waals surface area (Å²) in [5.41, 5.74) is 2.32. The van der Waals surface area contributed by atoms with E-state index in [2.05, 4.69) is 15.1 Å². The van der Waals surface area contributed by atoms with Gasteiger partial charge in [-0.2, -0.15) is 13.5 Å². The van der Waals surface area contributed by atoms with Crippen molar-refractivity contribution >= 4 is 22.3 Å². The molecule has 0 spiro atoms. The number of fused-ring (bicyclic) bond motifs is 2. The lowest BCUT2D eigenvalue weighted by molar-refractivity contribution is -0.142. The molecule has 3 amide bonds. The van der Waals surface area contributed by atoms with E-state index in [9.17, 15) is 18.0 Å². The monoisotopic (exact) mass is 380 g/mol. The van der Waals surface area contributed by atoms with E-state index in [1.807, 2.05) is 0 Å². The van der Waals surface area contributed by atoms with Crippen LogP contribution in [0.4, 0.5) is 4.79 Å². The average Bonchev–Trinajstić information content (AvgIpc) is 3.11. The Morgan fingerprint density at radius 2 is 2.16 bits per heavy atom. The highest BCUT2D eigenvalue weighted by molar-refractivity contribution is 7.80. The zero-order valence-electron chi connectivity index (χ0n) is 13.2. The predicted octanol–water partition coefficient (Wildman–Crippen LogP) is -2.24. The number of hydroxylamine groups is 3. The smallest absolute Gasteiger partial charge is 0.395 e. The summed E-state index contributed by atoms with van der Waals surface area (Å²) in [4.78, 5) is 31.0. The number of rotatable bonds is 6. The molecule has 3 rings (SSSR count). The van der Waals surface area contributed by atoms with Crippen LogP contribution in [-0.4, -0.2) is 83.9 Å². The number of nitrogens with zero attached hydrogens (tertiary/aromatic N) is 2. The first-order chi connectivity index (χ1) is 11.8. The Morgan fingerprint density at radius 3 is 2.80 bits per heavy atom. The van der Waals surface area contributed by atoms with Gasteiger partial charge in [-0.15, -0.1) is 4.28 Å². The largest absolute Gasteiger partial charge is 0.418 e. The molecule has 12 nitrogen and oxygen atoms in total. The van der Waals surface area contributed by atoms with Gasteiger partial charge in [0.1, 0.15) is 6.04 Å². The van der Waals surface area contributed by atoms with Gasteiger partial charge >= 0.3 is 16.4 Å². The summed E-state index contributed by atoms with van der Waals surface area (Å²) in [6.45, 7) is 0.574. The normalized spacial score (nSPS) is 32.3. The van der Waals surface area contributed by atoms with Gasteiger partial charge < -0.3 is 15.3 Å². The molecule has 2 bridgehead atoms. The molecular formula is C12H20N4O8S. The van der Waals surface area contributed by atoms with E-state index in [0.29, 0.717) is 30.9 Å². The Bertz CT molecular complexity index is 643. The van der Waals surface area contributed by atoms with Crippen molar-refractivity contribution in [3.8, 4) is 0 Å². The van der Waals surface area contributed by atoms with Crippen LogP contribution >= 0.6 is 0 Å². The third kappa shape index (κ3) is 4.02. The van der Waals surface area contributed by atoms with Crippen LogP contribution in [0.25, 0.3) is 0 Å². The summed E-state index contributed by atoms with van der Waals surface area (Å²) < 4.78 is 34.7. The number of urea groups is 1. The molecule has 3 heterocycles. The number of carbonyl (C=O) groups is 2. The first-order valence-corrected chi connectivity index (χ1v) is 9.21. The molecule has 3 saturated heterocycles. The van der Waals surface area contributed by atoms with E-state index >= 15 is 0 Å². The summed E-state index contributed by atoms with van der Waals surface area (Å²) in [5, 5.41) is 12.7. The van der Waals surface area contributed by atoms with Crippen molar-refractivity contribution in [2.75, 3.05) is 19.7 Å². The molecule has 0 saturated carbocycles. The first kappa shape index (κ1) is 18.3. The Kier molecular flexibility index (Phi) is 5.13. The number of carbonyl (C=O) groups excluding carboxylic acids is 2. The van der Waals surface area contributed by atoms with E-state index < -0.39 is 34.4 Å². The van der Waals surface area contributed by atoms with Gasteiger partial charge in [0.05, 0.1) is 18.8 Å². The number of hydrogen-bond donors (Lipinski definition) is 4. The molecule has 3 fully saturated rings. The predicted molar refractivity (Wildman–Crippen MR) is 79.9 cm³/mol. The molecule has 0 aliphatic carbocycles. The standard InChI is InChI=1S/C12H20N4O8S/c17-6-7-3-9(4-13-7)23-14-11(18)10-2-1-8-5-15(10)12(19)16(8)24-25(20,21)22/h7-10,13,17H,1-6H2,(H,14,18)(H,20,21,22)/t7-,8-,9?,10+/m1/s1. The quantitative estimate of drug-likeness (QED) is 0.295. The summed E-state index contributed by atoms with van der Waals surface area (Å²) in [7, 11) is -4.82. The van der Waals surface area contributed by atoms with Crippen LogP contribution in [0.1, 0.15) is 19.3 Å². The molecule has 25 heavy (non-hydrogen) atoms. The van der Waals surface area contributed by atoms with Crippen LogP contribution in [0.2, 0.25) is 0 Å². The Balaban J connectivity index is 1.55. The maximum absolute atomic E-state index is 12.3. The van der Waals surface area contributed by atoms with Crippen LogP contribution in [0.15, 0.2) is 0 Å². The van der Waals surface area contributed by atoms with Crippen molar-refractivity contribution in [2.45, 2.75) is 43.5 Å². The molecule has 0 radical (unpaired) electrons. The highest BCUT2D eigenvalue weighted by atomic mass is 32.3. The number of hydrogen-bond acceptors (Lipinski definition) is 8. The summed E-state index contributed by atoms with van der Waals surface area (Å²) in [5.74, 6) is -0.520. The SMILES string of the molecule is O=C(NOC1CN[C@@H](CO)C1)[C@@H]1CC[C@@H]2CN1C(=O)N2OS(=O)(=O)O. The maximum Gasteiger partial charge on any atom is 0.418 e. The minimum absolute atomic E-state index is 0.0241. The molecular weight excluding hydrogens is 360 g/mol. The van der Waals surface area contributed by atoms with Crippen molar-refractivity contribution in [3.05, 3.63) is 0 Å². The third-order valence-corrected chi connectivity index (χ3v) is 4.88. The fraction of sp³-hybridized carbons (Fsp3) is 0.833. The lowest BCUT2D eigenvalue weighted by atomic mass is 10.0. The van der Waals surface area contributed by atoms with E-state index in [-0.39, 0.29) is 25.3 Å². The molecule has 1 unspecified atom stereocenters.